The molecule has 0 aliphatic carbocycles. The number of halogens is 3. The van der Waals surface area contributed by atoms with Crippen LogP contribution < -0.4 is 9.62 Å². The molecule has 38 heavy (non-hydrogen) atoms. The molecule has 0 unspecified atom stereocenters. The molecular weight excluding hydrogens is 519 g/mol. The maximum Gasteiger partial charge on any atom is 0.244 e. The van der Waals surface area contributed by atoms with Crippen molar-refractivity contribution in [3.05, 3.63) is 101 Å². The second-order valence-electron chi connectivity index (χ2n) is 8.62. The topological polar surface area (TPSA) is 86.8 Å². The number of carbonyl (C=O) groups is 2. The molecule has 0 fully saturated rings. The third kappa shape index (κ3) is 7.58. The van der Waals surface area contributed by atoms with Crippen molar-refractivity contribution in [1.82, 2.24) is 10.2 Å². The molecule has 0 saturated heterocycles. The van der Waals surface area contributed by atoms with Gasteiger partial charge < -0.3 is 10.2 Å². The molecule has 0 spiro atoms. The lowest BCUT2D eigenvalue weighted by Gasteiger charge is -2.33. The van der Waals surface area contributed by atoms with Gasteiger partial charge in [-0.2, -0.15) is 0 Å². The molecule has 0 aliphatic rings. The normalized spacial score (nSPS) is 12.0. The van der Waals surface area contributed by atoms with Crippen LogP contribution in [0.25, 0.3) is 0 Å². The Bertz CT molecular complexity index is 1370. The molecule has 0 saturated carbocycles. The molecule has 0 radical (unpaired) electrons. The lowest BCUT2D eigenvalue weighted by Crippen LogP contribution is -2.53. The smallest absolute Gasteiger partial charge is 0.244 e. The summed E-state index contributed by atoms with van der Waals surface area (Å²) < 4.78 is 66.8. The Hall–Kier alpha value is -3.86. The van der Waals surface area contributed by atoms with E-state index in [1.807, 2.05) is 0 Å². The third-order valence-corrected chi connectivity index (χ3v) is 6.90. The number of hydrogen-bond acceptors (Lipinski definition) is 4. The number of carbonyl (C=O) groups excluding carboxylic acids is 2. The number of likely N-dealkylation sites (N-methyl/N-ethyl adjacent to an activating group) is 1. The van der Waals surface area contributed by atoms with E-state index in [9.17, 15) is 31.2 Å². The molecule has 3 rings (SSSR count). The Balaban J connectivity index is 2.04. The highest BCUT2D eigenvalue weighted by atomic mass is 32.2. The first-order chi connectivity index (χ1) is 18.0. The second kappa shape index (κ2) is 12.6. The van der Waals surface area contributed by atoms with Gasteiger partial charge in [-0.25, -0.2) is 21.6 Å². The van der Waals surface area contributed by atoms with Crippen LogP contribution in [0.1, 0.15) is 18.1 Å². The number of hydrogen-bond donors (Lipinski definition) is 1. The first-order valence-corrected chi connectivity index (χ1v) is 13.6. The molecule has 2 amide bonds. The predicted octanol–water partition coefficient (Wildman–Crippen LogP) is 3.65. The monoisotopic (exact) mass is 547 g/mol. The van der Waals surface area contributed by atoms with E-state index in [4.69, 9.17) is 0 Å². The largest absolute Gasteiger partial charge is 0.355 e. The van der Waals surface area contributed by atoms with E-state index < -0.39 is 51.9 Å². The van der Waals surface area contributed by atoms with E-state index in [0.29, 0.717) is 15.9 Å². The van der Waals surface area contributed by atoms with Gasteiger partial charge in [0.1, 0.15) is 18.4 Å². The quantitative estimate of drug-likeness (QED) is 0.397. The fourth-order valence-corrected chi connectivity index (χ4v) is 4.73. The minimum atomic E-state index is -4.12. The molecule has 3 aromatic carbocycles. The Kier molecular flexibility index (Phi) is 9.51. The van der Waals surface area contributed by atoms with E-state index in [1.54, 1.807) is 37.3 Å². The average Bonchev–Trinajstić information content (AvgIpc) is 2.87. The summed E-state index contributed by atoms with van der Waals surface area (Å²) in [5.74, 6) is -4.18. The van der Waals surface area contributed by atoms with Crippen LogP contribution in [-0.2, 0) is 32.6 Å². The van der Waals surface area contributed by atoms with Gasteiger partial charge in [-0.1, -0.05) is 42.5 Å². The minimum Gasteiger partial charge on any atom is -0.355 e. The van der Waals surface area contributed by atoms with Crippen LogP contribution in [0, 0.1) is 17.5 Å². The van der Waals surface area contributed by atoms with Crippen LogP contribution in [0.3, 0.4) is 0 Å². The number of sulfonamides is 1. The summed E-state index contributed by atoms with van der Waals surface area (Å²) in [6.07, 6.45) is 0.945. The summed E-state index contributed by atoms with van der Waals surface area (Å²) in [6, 6.07) is 15.7. The number of nitrogens with zero attached hydrogens (tertiary/aromatic N) is 2. The zero-order chi connectivity index (χ0) is 27.9. The molecular formula is C27H28F3N3O4S. The maximum absolute atomic E-state index is 13.9. The Morgan fingerprint density at radius 1 is 0.895 bits per heavy atom. The van der Waals surface area contributed by atoms with Gasteiger partial charge in [0.05, 0.1) is 11.9 Å². The van der Waals surface area contributed by atoms with E-state index in [-0.39, 0.29) is 25.2 Å². The molecule has 7 nitrogen and oxygen atoms in total. The maximum atomic E-state index is 13.9. The van der Waals surface area contributed by atoms with Crippen molar-refractivity contribution >= 4 is 27.5 Å². The number of benzene rings is 3. The SMILES string of the molecule is CCNC(=O)[C@H](Cc1ccccc1)N(Cc1ccc(F)cc1)C(=O)CN(c1ccc(F)c(F)c1)S(C)(=O)=O. The van der Waals surface area contributed by atoms with Gasteiger partial charge in [0, 0.05) is 25.6 Å². The summed E-state index contributed by atoms with van der Waals surface area (Å²) in [5.41, 5.74) is 1.00. The molecule has 0 aliphatic heterocycles. The van der Waals surface area contributed by atoms with Gasteiger partial charge in [-0.15, -0.1) is 0 Å². The van der Waals surface area contributed by atoms with Crippen molar-refractivity contribution in [1.29, 1.82) is 0 Å². The van der Waals surface area contributed by atoms with Gasteiger partial charge in [0.25, 0.3) is 0 Å². The fourth-order valence-electron chi connectivity index (χ4n) is 3.89. The molecule has 202 valence electrons. The Morgan fingerprint density at radius 2 is 1.55 bits per heavy atom. The number of amides is 2. The van der Waals surface area contributed by atoms with Crippen LogP contribution in [0.5, 0.6) is 0 Å². The average molecular weight is 548 g/mol. The number of rotatable bonds is 11. The van der Waals surface area contributed by atoms with Crippen LogP contribution in [0.2, 0.25) is 0 Å². The van der Waals surface area contributed by atoms with Crippen molar-refractivity contribution < 1.29 is 31.2 Å². The van der Waals surface area contributed by atoms with Gasteiger partial charge in [-0.3, -0.25) is 13.9 Å². The standard InChI is InChI=1S/C27H28F3N3O4S/c1-3-31-27(35)25(15-19-7-5-4-6-8-19)32(17-20-9-11-21(28)12-10-20)26(34)18-33(38(2,36)37)22-13-14-23(29)24(30)16-22/h4-14,16,25H,3,15,17-18H2,1-2H3,(H,31,35)/t25-/m0/s1. The molecule has 0 bridgehead atoms. The lowest BCUT2D eigenvalue weighted by atomic mass is 10.0. The van der Waals surface area contributed by atoms with E-state index in [1.165, 1.54) is 29.2 Å². The highest BCUT2D eigenvalue weighted by Gasteiger charge is 2.33. The van der Waals surface area contributed by atoms with Crippen molar-refractivity contribution in [2.75, 3.05) is 23.7 Å². The van der Waals surface area contributed by atoms with Crippen molar-refractivity contribution in [2.24, 2.45) is 0 Å². The van der Waals surface area contributed by atoms with E-state index >= 15 is 0 Å². The van der Waals surface area contributed by atoms with Gasteiger partial charge in [0.2, 0.25) is 21.8 Å². The summed E-state index contributed by atoms with van der Waals surface area (Å²) in [7, 11) is -4.12. The van der Waals surface area contributed by atoms with E-state index in [2.05, 4.69) is 5.32 Å². The van der Waals surface area contributed by atoms with E-state index in [0.717, 1.165) is 24.0 Å². The first-order valence-electron chi connectivity index (χ1n) is 11.8. The van der Waals surface area contributed by atoms with Crippen molar-refractivity contribution in [3.63, 3.8) is 0 Å². The summed E-state index contributed by atoms with van der Waals surface area (Å²) in [4.78, 5) is 28.1. The summed E-state index contributed by atoms with van der Waals surface area (Å²) >= 11 is 0. The number of nitrogens with one attached hydrogen (secondary N) is 1. The Morgan fingerprint density at radius 3 is 2.13 bits per heavy atom. The zero-order valence-electron chi connectivity index (χ0n) is 20.9. The molecule has 0 heterocycles. The highest BCUT2D eigenvalue weighted by molar-refractivity contribution is 7.92. The van der Waals surface area contributed by atoms with Crippen molar-refractivity contribution in [3.8, 4) is 0 Å². The van der Waals surface area contributed by atoms with Gasteiger partial charge >= 0.3 is 0 Å². The molecule has 3 aromatic rings. The molecule has 1 atom stereocenters. The van der Waals surface area contributed by atoms with Crippen LogP contribution in [-0.4, -0.2) is 50.5 Å². The zero-order valence-corrected chi connectivity index (χ0v) is 21.7. The Labute approximate surface area is 219 Å². The predicted molar refractivity (Wildman–Crippen MR) is 138 cm³/mol. The molecule has 11 heteroatoms. The first kappa shape index (κ1) is 28.7. The molecule has 0 aromatic heterocycles. The summed E-state index contributed by atoms with van der Waals surface area (Å²) in [5, 5.41) is 2.71. The van der Waals surface area contributed by atoms with Crippen LogP contribution >= 0.6 is 0 Å². The van der Waals surface area contributed by atoms with Gasteiger partial charge in [-0.05, 0) is 42.3 Å². The lowest BCUT2D eigenvalue weighted by molar-refractivity contribution is -0.140. The third-order valence-electron chi connectivity index (χ3n) is 5.76. The van der Waals surface area contributed by atoms with Crippen LogP contribution in [0.4, 0.5) is 18.9 Å². The fraction of sp³-hybridized carbons (Fsp3) is 0.259. The minimum absolute atomic E-state index is 0.115. The van der Waals surface area contributed by atoms with Crippen LogP contribution in [0.15, 0.2) is 72.8 Å². The van der Waals surface area contributed by atoms with Crippen molar-refractivity contribution in [2.45, 2.75) is 25.9 Å². The molecule has 1 N–H and O–H groups in total. The van der Waals surface area contributed by atoms with Gasteiger partial charge in [0.15, 0.2) is 11.6 Å². The highest BCUT2D eigenvalue weighted by Crippen LogP contribution is 2.22. The summed E-state index contributed by atoms with van der Waals surface area (Å²) in [6.45, 7) is 1.09. The number of anilines is 1. The second-order valence-corrected chi connectivity index (χ2v) is 10.5.